The third-order valence-electron chi connectivity index (χ3n) is 4.19. The van der Waals surface area contributed by atoms with E-state index in [2.05, 4.69) is 0 Å². The predicted octanol–water partition coefficient (Wildman–Crippen LogP) is 2.17. The van der Waals surface area contributed by atoms with Crippen LogP contribution in [0.25, 0.3) is 22.3 Å². The second kappa shape index (κ2) is 7.07. The van der Waals surface area contributed by atoms with Gasteiger partial charge in [-0.2, -0.15) is 0 Å². The van der Waals surface area contributed by atoms with Gasteiger partial charge in [0.1, 0.15) is 22.5 Å². The maximum Gasteiger partial charge on any atom is 0.197 e. The van der Waals surface area contributed by atoms with E-state index in [0.717, 1.165) is 0 Å². The summed E-state index contributed by atoms with van der Waals surface area (Å²) in [4.78, 5) is 12.5. The first-order valence-corrected chi connectivity index (χ1v) is 7.79. The highest BCUT2D eigenvalue weighted by molar-refractivity contribution is 5.87. The van der Waals surface area contributed by atoms with Crippen LogP contribution in [0.5, 0.6) is 17.2 Å². The largest absolute Gasteiger partial charge is 0.507 e. The monoisotopic (exact) mass is 358 g/mol. The Labute approximate surface area is 148 Å². The first-order valence-electron chi connectivity index (χ1n) is 7.79. The maximum atomic E-state index is 12.5. The Kier molecular flexibility index (Phi) is 4.83. The van der Waals surface area contributed by atoms with Gasteiger partial charge in [-0.25, -0.2) is 0 Å². The van der Waals surface area contributed by atoms with Gasteiger partial charge in [-0.3, -0.25) is 4.79 Å². The SMILES string of the molecule is COc1ccc(-c2cc(=O)c3c(O)c(CO)c(CO)cc3o2)cc1OC. The van der Waals surface area contributed by atoms with Crippen molar-refractivity contribution in [1.29, 1.82) is 0 Å². The summed E-state index contributed by atoms with van der Waals surface area (Å²) < 4.78 is 16.2. The first kappa shape index (κ1) is 17.8. The Morgan fingerprint density at radius 1 is 1.00 bits per heavy atom. The summed E-state index contributed by atoms with van der Waals surface area (Å²) >= 11 is 0. The molecule has 0 bridgehead atoms. The van der Waals surface area contributed by atoms with Crippen molar-refractivity contribution in [3.05, 3.63) is 51.7 Å². The van der Waals surface area contributed by atoms with Crippen LogP contribution in [0.1, 0.15) is 11.1 Å². The van der Waals surface area contributed by atoms with Crippen molar-refractivity contribution < 1.29 is 29.2 Å². The summed E-state index contributed by atoms with van der Waals surface area (Å²) in [6.45, 7) is -0.918. The number of phenols is 1. The Hall–Kier alpha value is -3.03. The van der Waals surface area contributed by atoms with Crippen LogP contribution in [0.3, 0.4) is 0 Å². The number of aliphatic hydroxyl groups excluding tert-OH is 2. The predicted molar refractivity (Wildman–Crippen MR) is 94.5 cm³/mol. The fourth-order valence-electron chi connectivity index (χ4n) is 2.84. The van der Waals surface area contributed by atoms with Crippen LogP contribution < -0.4 is 14.9 Å². The van der Waals surface area contributed by atoms with Crippen LogP contribution in [0.15, 0.2) is 39.5 Å². The average Bonchev–Trinajstić information content (AvgIpc) is 2.66. The molecule has 3 aromatic rings. The van der Waals surface area contributed by atoms with Crippen molar-refractivity contribution in [2.75, 3.05) is 14.2 Å². The summed E-state index contributed by atoms with van der Waals surface area (Å²) in [7, 11) is 3.02. The van der Waals surface area contributed by atoms with Gasteiger partial charge in [-0.15, -0.1) is 0 Å². The van der Waals surface area contributed by atoms with E-state index in [9.17, 15) is 20.1 Å². The molecule has 3 N–H and O–H groups in total. The molecule has 0 aliphatic rings. The zero-order chi connectivity index (χ0) is 18.8. The highest BCUT2D eigenvalue weighted by Crippen LogP contribution is 2.35. The Morgan fingerprint density at radius 3 is 2.35 bits per heavy atom. The number of fused-ring (bicyclic) bond motifs is 1. The Bertz CT molecular complexity index is 1020. The molecule has 0 amide bonds. The van der Waals surface area contributed by atoms with Crippen molar-refractivity contribution in [2.24, 2.45) is 0 Å². The number of benzene rings is 2. The molecule has 0 spiro atoms. The minimum absolute atomic E-state index is 0.0459. The second-order valence-electron chi connectivity index (χ2n) is 5.60. The number of ether oxygens (including phenoxy) is 2. The lowest BCUT2D eigenvalue weighted by Gasteiger charge is -2.12. The fraction of sp³-hybridized carbons (Fsp3) is 0.211. The summed E-state index contributed by atoms with van der Waals surface area (Å²) in [6.07, 6.45) is 0. The van der Waals surface area contributed by atoms with Crippen molar-refractivity contribution in [3.63, 3.8) is 0 Å². The van der Waals surface area contributed by atoms with Gasteiger partial charge in [-0.1, -0.05) is 0 Å². The minimum atomic E-state index is -0.505. The molecule has 7 nitrogen and oxygen atoms in total. The minimum Gasteiger partial charge on any atom is -0.507 e. The number of aliphatic hydroxyl groups is 2. The molecule has 3 rings (SSSR count). The number of hydrogen-bond donors (Lipinski definition) is 3. The van der Waals surface area contributed by atoms with Gasteiger partial charge in [0.05, 0.1) is 27.4 Å². The fourth-order valence-corrected chi connectivity index (χ4v) is 2.84. The molecule has 2 aromatic carbocycles. The molecular formula is C19H18O7. The molecule has 0 aliphatic heterocycles. The molecule has 0 atom stereocenters. The second-order valence-corrected chi connectivity index (χ2v) is 5.60. The Balaban J connectivity index is 2.25. The number of hydrogen-bond acceptors (Lipinski definition) is 7. The zero-order valence-corrected chi connectivity index (χ0v) is 14.3. The van der Waals surface area contributed by atoms with Crippen LogP contribution >= 0.6 is 0 Å². The maximum absolute atomic E-state index is 12.5. The molecule has 0 saturated carbocycles. The molecule has 1 aromatic heterocycles. The Morgan fingerprint density at radius 2 is 1.73 bits per heavy atom. The van der Waals surface area contributed by atoms with Gasteiger partial charge in [0.15, 0.2) is 16.9 Å². The van der Waals surface area contributed by atoms with Crippen LogP contribution in [-0.2, 0) is 13.2 Å². The molecule has 0 unspecified atom stereocenters. The van der Waals surface area contributed by atoms with Gasteiger partial charge in [-0.05, 0) is 29.8 Å². The zero-order valence-electron chi connectivity index (χ0n) is 14.3. The molecule has 0 aliphatic carbocycles. The molecule has 7 heteroatoms. The first-order chi connectivity index (χ1) is 12.5. The van der Waals surface area contributed by atoms with E-state index in [0.29, 0.717) is 17.1 Å². The van der Waals surface area contributed by atoms with E-state index in [1.165, 1.54) is 26.4 Å². The molecule has 0 fully saturated rings. The topological polar surface area (TPSA) is 109 Å². The van der Waals surface area contributed by atoms with Crippen molar-refractivity contribution in [2.45, 2.75) is 13.2 Å². The summed E-state index contributed by atoms with van der Waals surface area (Å²) in [5.74, 6) is 0.889. The third-order valence-corrected chi connectivity index (χ3v) is 4.19. The highest BCUT2D eigenvalue weighted by atomic mass is 16.5. The standard InChI is InChI=1S/C19H18O7/c1-24-14-4-3-10(5-16(14)25-2)15-7-13(22)18-17(26-15)6-11(8-20)12(9-21)19(18)23/h3-7,20-21,23H,8-9H2,1-2H3. The summed E-state index contributed by atoms with van der Waals surface area (Å²) in [5.41, 5.74) is 0.614. The number of methoxy groups -OCH3 is 2. The highest BCUT2D eigenvalue weighted by Gasteiger charge is 2.18. The molecule has 0 saturated heterocycles. The van der Waals surface area contributed by atoms with Gasteiger partial charge in [0.2, 0.25) is 0 Å². The third kappa shape index (κ3) is 2.87. The molecule has 1 heterocycles. The normalized spacial score (nSPS) is 10.9. The summed E-state index contributed by atoms with van der Waals surface area (Å²) in [6, 6.07) is 7.75. The van der Waals surface area contributed by atoms with Crippen molar-refractivity contribution in [1.82, 2.24) is 0 Å². The van der Waals surface area contributed by atoms with Gasteiger partial charge >= 0.3 is 0 Å². The number of rotatable bonds is 5. The lowest BCUT2D eigenvalue weighted by molar-refractivity contribution is 0.255. The van der Waals surface area contributed by atoms with E-state index in [1.807, 2.05) is 0 Å². The van der Waals surface area contributed by atoms with E-state index >= 15 is 0 Å². The lowest BCUT2D eigenvalue weighted by atomic mass is 10.0. The van der Waals surface area contributed by atoms with Crippen LogP contribution in [0.4, 0.5) is 0 Å². The van der Waals surface area contributed by atoms with Crippen molar-refractivity contribution >= 4 is 11.0 Å². The van der Waals surface area contributed by atoms with Crippen LogP contribution in [-0.4, -0.2) is 29.5 Å². The van der Waals surface area contributed by atoms with Crippen LogP contribution in [0.2, 0.25) is 0 Å². The van der Waals surface area contributed by atoms with E-state index in [1.54, 1.807) is 18.2 Å². The van der Waals surface area contributed by atoms with Gasteiger partial charge in [0.25, 0.3) is 0 Å². The lowest BCUT2D eigenvalue weighted by Crippen LogP contribution is -2.05. The van der Waals surface area contributed by atoms with Gasteiger partial charge < -0.3 is 29.2 Å². The van der Waals surface area contributed by atoms with Gasteiger partial charge in [0, 0.05) is 17.2 Å². The van der Waals surface area contributed by atoms with E-state index < -0.39 is 18.6 Å². The van der Waals surface area contributed by atoms with Crippen molar-refractivity contribution in [3.8, 4) is 28.6 Å². The smallest absolute Gasteiger partial charge is 0.197 e. The molecule has 136 valence electrons. The molecule has 0 radical (unpaired) electrons. The van der Waals surface area contributed by atoms with E-state index in [-0.39, 0.29) is 33.6 Å². The molecular weight excluding hydrogens is 340 g/mol. The average molecular weight is 358 g/mol. The van der Waals surface area contributed by atoms with Crippen LogP contribution in [0, 0.1) is 0 Å². The van der Waals surface area contributed by atoms with E-state index in [4.69, 9.17) is 13.9 Å². The quantitative estimate of drug-likeness (QED) is 0.641. The number of aromatic hydroxyl groups is 1. The summed E-state index contributed by atoms with van der Waals surface area (Å²) in [5, 5.41) is 29.1. The molecule has 26 heavy (non-hydrogen) atoms.